The maximum Gasteiger partial charge on any atom is 0.333 e. The average Bonchev–Trinajstić information content (AvgIpc) is 2.55. The van der Waals surface area contributed by atoms with Gasteiger partial charge in [0.15, 0.2) is 0 Å². The van der Waals surface area contributed by atoms with Crippen molar-refractivity contribution in [3.63, 3.8) is 0 Å². The fourth-order valence-corrected chi connectivity index (χ4v) is 2.31. The van der Waals surface area contributed by atoms with Crippen molar-refractivity contribution in [2.24, 2.45) is 7.05 Å². The number of rotatable bonds is 2. The van der Waals surface area contributed by atoms with Crippen LogP contribution < -0.4 is 4.90 Å². The topological polar surface area (TPSA) is 64.2 Å². The first-order valence-corrected chi connectivity index (χ1v) is 5.54. The van der Waals surface area contributed by atoms with Gasteiger partial charge in [-0.2, -0.15) is 5.10 Å². The Morgan fingerprint density at radius 1 is 1.31 bits per heavy atom. The van der Waals surface area contributed by atoms with E-state index in [-0.39, 0.29) is 10.6 Å². The summed E-state index contributed by atoms with van der Waals surface area (Å²) in [6, 6.07) is 0. The van der Waals surface area contributed by atoms with E-state index in [0.29, 0.717) is 11.5 Å². The molecule has 1 saturated heterocycles. The number of nitro groups is 1. The van der Waals surface area contributed by atoms with E-state index in [2.05, 4.69) is 10.00 Å². The molecule has 0 spiro atoms. The molecule has 6 heteroatoms. The van der Waals surface area contributed by atoms with E-state index >= 15 is 0 Å². The van der Waals surface area contributed by atoms with E-state index in [1.165, 1.54) is 6.42 Å². The fraction of sp³-hybridized carbons (Fsp3) is 0.700. The first-order valence-electron chi connectivity index (χ1n) is 5.54. The summed E-state index contributed by atoms with van der Waals surface area (Å²) in [6.45, 7) is 3.46. The summed E-state index contributed by atoms with van der Waals surface area (Å²) >= 11 is 0. The van der Waals surface area contributed by atoms with Crippen LogP contribution in [0.3, 0.4) is 0 Å². The highest BCUT2D eigenvalue weighted by Crippen LogP contribution is 2.32. The van der Waals surface area contributed by atoms with E-state index in [1.807, 2.05) is 0 Å². The zero-order valence-electron chi connectivity index (χ0n) is 9.64. The van der Waals surface area contributed by atoms with Gasteiger partial charge in [0.05, 0.1) is 4.92 Å². The van der Waals surface area contributed by atoms with Crippen molar-refractivity contribution in [2.75, 3.05) is 18.0 Å². The van der Waals surface area contributed by atoms with Gasteiger partial charge in [0, 0.05) is 20.1 Å². The lowest BCUT2D eigenvalue weighted by molar-refractivity contribution is -0.384. The third-order valence-corrected chi connectivity index (χ3v) is 3.00. The van der Waals surface area contributed by atoms with Crippen LogP contribution in [-0.4, -0.2) is 27.8 Å². The molecule has 0 aromatic carbocycles. The van der Waals surface area contributed by atoms with Crippen molar-refractivity contribution in [1.82, 2.24) is 9.78 Å². The van der Waals surface area contributed by atoms with E-state index < -0.39 is 0 Å². The van der Waals surface area contributed by atoms with Gasteiger partial charge >= 0.3 is 5.69 Å². The van der Waals surface area contributed by atoms with Crippen molar-refractivity contribution in [2.45, 2.75) is 26.2 Å². The second kappa shape index (κ2) is 4.11. The largest absolute Gasteiger partial charge is 0.351 e. The second-order valence-corrected chi connectivity index (χ2v) is 4.19. The minimum atomic E-state index is -0.327. The normalized spacial score (nSPS) is 16.5. The van der Waals surface area contributed by atoms with Crippen molar-refractivity contribution in [3.05, 3.63) is 15.8 Å². The third kappa shape index (κ3) is 1.75. The highest BCUT2D eigenvalue weighted by atomic mass is 16.6. The summed E-state index contributed by atoms with van der Waals surface area (Å²) < 4.78 is 1.62. The minimum Gasteiger partial charge on any atom is -0.351 e. The van der Waals surface area contributed by atoms with Crippen LogP contribution in [0.1, 0.15) is 25.0 Å². The standard InChI is InChI=1S/C10H16N4O2/c1-8-9(14(15)16)10(12(2)11-8)13-6-4-3-5-7-13/h3-7H2,1-2H3. The third-order valence-electron chi connectivity index (χ3n) is 3.00. The predicted molar refractivity (Wildman–Crippen MR) is 60.7 cm³/mol. The number of hydrogen-bond donors (Lipinski definition) is 0. The maximum absolute atomic E-state index is 11.0. The van der Waals surface area contributed by atoms with Gasteiger partial charge in [-0.3, -0.25) is 10.1 Å². The molecule has 6 nitrogen and oxygen atoms in total. The van der Waals surface area contributed by atoms with Crippen molar-refractivity contribution in [3.8, 4) is 0 Å². The Morgan fingerprint density at radius 3 is 2.50 bits per heavy atom. The molecule has 1 fully saturated rings. The number of aromatic nitrogens is 2. The highest BCUT2D eigenvalue weighted by molar-refractivity contribution is 5.61. The Kier molecular flexibility index (Phi) is 2.80. The maximum atomic E-state index is 11.0. The predicted octanol–water partition coefficient (Wildman–Crippen LogP) is 1.63. The number of hydrogen-bond acceptors (Lipinski definition) is 4. The van der Waals surface area contributed by atoms with Gasteiger partial charge in [-0.05, 0) is 26.2 Å². The molecule has 0 bridgehead atoms. The lowest BCUT2D eigenvalue weighted by atomic mass is 10.1. The molecule has 0 amide bonds. The Morgan fingerprint density at radius 2 is 1.94 bits per heavy atom. The lowest BCUT2D eigenvalue weighted by Crippen LogP contribution is -2.31. The molecule has 16 heavy (non-hydrogen) atoms. The van der Waals surface area contributed by atoms with Crippen LogP contribution in [0.2, 0.25) is 0 Å². The van der Waals surface area contributed by atoms with Gasteiger partial charge in [-0.15, -0.1) is 0 Å². The molecule has 1 aromatic rings. The molecule has 1 aromatic heterocycles. The van der Waals surface area contributed by atoms with Gasteiger partial charge in [0.25, 0.3) is 0 Å². The molecule has 1 aliphatic heterocycles. The van der Waals surface area contributed by atoms with Crippen LogP contribution in [-0.2, 0) is 7.05 Å². The molecule has 0 saturated carbocycles. The van der Waals surface area contributed by atoms with Gasteiger partial charge < -0.3 is 4.90 Å². The van der Waals surface area contributed by atoms with Crippen LogP contribution >= 0.6 is 0 Å². The number of aryl methyl sites for hydroxylation is 2. The minimum absolute atomic E-state index is 0.157. The quantitative estimate of drug-likeness (QED) is 0.565. The molecule has 0 N–H and O–H groups in total. The smallest absolute Gasteiger partial charge is 0.333 e. The monoisotopic (exact) mass is 224 g/mol. The van der Waals surface area contributed by atoms with Gasteiger partial charge in [0.2, 0.25) is 5.82 Å². The second-order valence-electron chi connectivity index (χ2n) is 4.19. The molecule has 88 valence electrons. The van der Waals surface area contributed by atoms with Gasteiger partial charge in [0.1, 0.15) is 5.69 Å². The molecule has 1 aliphatic rings. The van der Waals surface area contributed by atoms with Crippen molar-refractivity contribution >= 4 is 11.5 Å². The molecule has 0 aliphatic carbocycles. The van der Waals surface area contributed by atoms with Crippen LogP contribution in [0.15, 0.2) is 0 Å². The Balaban J connectivity index is 2.41. The van der Waals surface area contributed by atoms with Crippen LogP contribution in [0.25, 0.3) is 0 Å². The van der Waals surface area contributed by atoms with Crippen molar-refractivity contribution in [1.29, 1.82) is 0 Å². The van der Waals surface area contributed by atoms with Crippen molar-refractivity contribution < 1.29 is 4.92 Å². The highest BCUT2D eigenvalue weighted by Gasteiger charge is 2.28. The van der Waals surface area contributed by atoms with Gasteiger partial charge in [-0.1, -0.05) is 0 Å². The summed E-state index contributed by atoms with van der Waals surface area (Å²) in [5.74, 6) is 0.655. The zero-order chi connectivity index (χ0) is 11.7. The zero-order valence-corrected chi connectivity index (χ0v) is 9.64. The summed E-state index contributed by atoms with van der Waals surface area (Å²) in [5, 5.41) is 15.2. The fourth-order valence-electron chi connectivity index (χ4n) is 2.31. The molecule has 2 rings (SSSR count). The van der Waals surface area contributed by atoms with Crippen LogP contribution in [0, 0.1) is 17.0 Å². The van der Waals surface area contributed by atoms with Gasteiger partial charge in [-0.25, -0.2) is 4.68 Å². The SMILES string of the molecule is Cc1nn(C)c(N2CCCCC2)c1[N+](=O)[O-]. The molecule has 2 heterocycles. The summed E-state index contributed by atoms with van der Waals surface area (Å²) in [6.07, 6.45) is 3.41. The Bertz CT molecular complexity index is 407. The Labute approximate surface area is 94.0 Å². The number of anilines is 1. The van der Waals surface area contributed by atoms with E-state index in [0.717, 1.165) is 25.9 Å². The van der Waals surface area contributed by atoms with E-state index in [1.54, 1.807) is 18.7 Å². The number of piperidine rings is 1. The molecule has 0 atom stereocenters. The van der Waals surface area contributed by atoms with E-state index in [4.69, 9.17) is 0 Å². The first kappa shape index (κ1) is 10.9. The summed E-state index contributed by atoms with van der Waals surface area (Å²) in [7, 11) is 1.77. The lowest BCUT2D eigenvalue weighted by Gasteiger charge is -2.27. The Hall–Kier alpha value is -1.59. The molecule has 0 unspecified atom stereocenters. The number of nitrogens with zero attached hydrogens (tertiary/aromatic N) is 4. The van der Waals surface area contributed by atoms with Crippen LogP contribution in [0.4, 0.5) is 11.5 Å². The average molecular weight is 224 g/mol. The van der Waals surface area contributed by atoms with Crippen LogP contribution in [0.5, 0.6) is 0 Å². The molecular weight excluding hydrogens is 208 g/mol. The molecule has 0 radical (unpaired) electrons. The summed E-state index contributed by atoms with van der Waals surface area (Å²) in [4.78, 5) is 12.8. The van der Waals surface area contributed by atoms with E-state index in [9.17, 15) is 10.1 Å². The summed E-state index contributed by atoms with van der Waals surface area (Å²) in [5.41, 5.74) is 0.650. The molecular formula is C10H16N4O2. The first-order chi connectivity index (χ1) is 7.61.